The number of ether oxygens (including phenoxy) is 1. The number of para-hydroxylation sites is 1. The Bertz CT molecular complexity index is 359. The van der Waals surface area contributed by atoms with E-state index in [0.717, 1.165) is 32.7 Å². The van der Waals surface area contributed by atoms with Crippen LogP contribution in [0.5, 0.6) is 0 Å². The first-order valence-corrected chi connectivity index (χ1v) is 6.44. The maximum Gasteiger partial charge on any atom is 0.0637 e. The van der Waals surface area contributed by atoms with Crippen molar-refractivity contribution < 1.29 is 4.74 Å². The molecule has 17 heavy (non-hydrogen) atoms. The van der Waals surface area contributed by atoms with E-state index in [1.54, 1.807) is 0 Å². The Morgan fingerprint density at radius 2 is 2.35 bits per heavy atom. The average Bonchev–Trinajstić information content (AvgIpc) is 2.38. The maximum atomic E-state index is 5.45. The van der Waals surface area contributed by atoms with E-state index >= 15 is 0 Å². The van der Waals surface area contributed by atoms with Crippen molar-refractivity contribution in [2.24, 2.45) is 0 Å². The molecule has 94 valence electrons. The van der Waals surface area contributed by atoms with E-state index in [1.165, 1.54) is 16.8 Å². The lowest BCUT2D eigenvalue weighted by Crippen LogP contribution is -2.45. The summed E-state index contributed by atoms with van der Waals surface area (Å²) < 4.78 is 5.45. The molecule has 1 saturated heterocycles. The first-order valence-electron chi connectivity index (χ1n) is 6.44. The van der Waals surface area contributed by atoms with Crippen LogP contribution in [0.1, 0.15) is 18.1 Å². The van der Waals surface area contributed by atoms with Crippen LogP contribution < -0.4 is 10.6 Å². The molecule has 0 radical (unpaired) electrons. The fraction of sp³-hybridized carbons (Fsp3) is 0.571. The lowest BCUT2D eigenvalue weighted by atomic mass is 10.1. The molecule has 1 aromatic carbocycles. The van der Waals surface area contributed by atoms with E-state index in [1.807, 2.05) is 0 Å². The molecule has 2 N–H and O–H groups in total. The Labute approximate surface area is 104 Å². The van der Waals surface area contributed by atoms with Gasteiger partial charge in [-0.1, -0.05) is 25.1 Å². The Morgan fingerprint density at radius 3 is 3.06 bits per heavy atom. The van der Waals surface area contributed by atoms with E-state index in [4.69, 9.17) is 4.74 Å². The monoisotopic (exact) mass is 234 g/mol. The van der Waals surface area contributed by atoms with Crippen molar-refractivity contribution in [1.82, 2.24) is 5.32 Å². The third-order valence-corrected chi connectivity index (χ3v) is 3.26. The van der Waals surface area contributed by atoms with Crippen LogP contribution in [0.2, 0.25) is 0 Å². The number of aryl methyl sites for hydroxylation is 2. The van der Waals surface area contributed by atoms with E-state index < -0.39 is 0 Å². The van der Waals surface area contributed by atoms with Crippen LogP contribution in [0.4, 0.5) is 5.69 Å². The Morgan fingerprint density at radius 1 is 1.47 bits per heavy atom. The molecule has 1 heterocycles. The van der Waals surface area contributed by atoms with Crippen molar-refractivity contribution in [3.8, 4) is 0 Å². The highest BCUT2D eigenvalue weighted by atomic mass is 16.5. The maximum absolute atomic E-state index is 5.45. The second-order valence-electron chi connectivity index (χ2n) is 4.57. The van der Waals surface area contributed by atoms with Crippen LogP contribution in [0.15, 0.2) is 18.2 Å². The lowest BCUT2D eigenvalue weighted by Gasteiger charge is -2.25. The summed E-state index contributed by atoms with van der Waals surface area (Å²) in [7, 11) is 0. The molecule has 0 aromatic heterocycles. The van der Waals surface area contributed by atoms with Gasteiger partial charge in [0.25, 0.3) is 0 Å². The Kier molecular flexibility index (Phi) is 4.40. The number of rotatable bonds is 4. The molecule has 0 bridgehead atoms. The van der Waals surface area contributed by atoms with Crippen molar-refractivity contribution in [3.63, 3.8) is 0 Å². The molecule has 1 aliphatic heterocycles. The number of nitrogens with one attached hydrogen (secondary N) is 2. The summed E-state index contributed by atoms with van der Waals surface area (Å²) in [6.07, 6.45) is 1.07. The lowest BCUT2D eigenvalue weighted by molar-refractivity contribution is 0.0806. The molecular formula is C14H22N2O. The molecule has 0 aliphatic carbocycles. The normalized spacial score (nSPS) is 20.2. The van der Waals surface area contributed by atoms with Crippen LogP contribution in [0, 0.1) is 6.92 Å². The predicted octanol–water partition coefficient (Wildman–Crippen LogP) is 1.96. The number of benzene rings is 1. The molecule has 1 aromatic rings. The van der Waals surface area contributed by atoms with Crippen molar-refractivity contribution in [1.29, 1.82) is 0 Å². The van der Waals surface area contributed by atoms with Crippen molar-refractivity contribution >= 4 is 5.69 Å². The summed E-state index contributed by atoms with van der Waals surface area (Å²) in [6.45, 7) is 7.88. The van der Waals surface area contributed by atoms with Crippen LogP contribution in [0.25, 0.3) is 0 Å². The van der Waals surface area contributed by atoms with E-state index in [0.29, 0.717) is 6.04 Å². The van der Waals surface area contributed by atoms with Gasteiger partial charge in [0, 0.05) is 24.8 Å². The molecule has 1 aliphatic rings. The van der Waals surface area contributed by atoms with E-state index in [-0.39, 0.29) is 0 Å². The Hall–Kier alpha value is -1.06. The summed E-state index contributed by atoms with van der Waals surface area (Å²) in [4.78, 5) is 0. The van der Waals surface area contributed by atoms with Gasteiger partial charge in [0.2, 0.25) is 0 Å². The van der Waals surface area contributed by atoms with E-state index in [9.17, 15) is 0 Å². The van der Waals surface area contributed by atoms with Crippen LogP contribution in [-0.2, 0) is 11.2 Å². The van der Waals surface area contributed by atoms with Gasteiger partial charge in [-0.15, -0.1) is 0 Å². The minimum Gasteiger partial charge on any atom is -0.383 e. The van der Waals surface area contributed by atoms with Gasteiger partial charge in [-0.05, 0) is 24.5 Å². The second-order valence-corrected chi connectivity index (χ2v) is 4.57. The quantitative estimate of drug-likeness (QED) is 0.835. The largest absolute Gasteiger partial charge is 0.383 e. The fourth-order valence-electron chi connectivity index (χ4n) is 2.25. The summed E-state index contributed by atoms with van der Waals surface area (Å²) in [5.74, 6) is 0. The van der Waals surface area contributed by atoms with Gasteiger partial charge in [0.05, 0.1) is 13.2 Å². The van der Waals surface area contributed by atoms with E-state index in [2.05, 4.69) is 42.7 Å². The van der Waals surface area contributed by atoms with Gasteiger partial charge < -0.3 is 15.4 Å². The number of hydrogen-bond donors (Lipinski definition) is 2. The SMILES string of the molecule is CCc1cccc(C)c1NCC1COCCN1. The van der Waals surface area contributed by atoms with Crippen molar-refractivity contribution in [3.05, 3.63) is 29.3 Å². The van der Waals surface area contributed by atoms with Gasteiger partial charge in [-0.2, -0.15) is 0 Å². The molecule has 1 unspecified atom stereocenters. The summed E-state index contributed by atoms with van der Waals surface area (Å²) in [5.41, 5.74) is 4.00. The first-order chi connectivity index (χ1) is 8.31. The molecule has 1 fully saturated rings. The molecule has 0 spiro atoms. The van der Waals surface area contributed by atoms with Crippen LogP contribution >= 0.6 is 0 Å². The molecule has 3 nitrogen and oxygen atoms in total. The summed E-state index contributed by atoms with van der Waals surface area (Å²) in [6, 6.07) is 6.90. The predicted molar refractivity (Wildman–Crippen MR) is 71.7 cm³/mol. The standard InChI is InChI=1S/C14H22N2O/c1-3-12-6-4-5-11(2)14(12)16-9-13-10-17-8-7-15-13/h4-6,13,15-16H,3,7-10H2,1-2H3. The highest BCUT2D eigenvalue weighted by Crippen LogP contribution is 2.20. The molecule has 0 saturated carbocycles. The van der Waals surface area contributed by atoms with Gasteiger partial charge in [-0.3, -0.25) is 0 Å². The third kappa shape index (κ3) is 3.20. The molecule has 1 atom stereocenters. The first kappa shape index (κ1) is 12.4. The topological polar surface area (TPSA) is 33.3 Å². The van der Waals surface area contributed by atoms with Gasteiger partial charge in [0.15, 0.2) is 0 Å². The summed E-state index contributed by atoms with van der Waals surface area (Å²) in [5, 5.41) is 7.02. The molecule has 0 amide bonds. The molecular weight excluding hydrogens is 212 g/mol. The van der Waals surface area contributed by atoms with Gasteiger partial charge in [-0.25, -0.2) is 0 Å². The average molecular weight is 234 g/mol. The minimum atomic E-state index is 0.424. The van der Waals surface area contributed by atoms with Crippen molar-refractivity contribution in [2.45, 2.75) is 26.3 Å². The number of morpholine rings is 1. The highest BCUT2D eigenvalue weighted by molar-refractivity contribution is 5.57. The number of hydrogen-bond acceptors (Lipinski definition) is 3. The van der Waals surface area contributed by atoms with Gasteiger partial charge >= 0.3 is 0 Å². The fourth-order valence-corrected chi connectivity index (χ4v) is 2.25. The molecule has 3 heteroatoms. The van der Waals surface area contributed by atoms with Crippen LogP contribution in [-0.4, -0.2) is 32.3 Å². The summed E-state index contributed by atoms with van der Waals surface area (Å²) >= 11 is 0. The van der Waals surface area contributed by atoms with Crippen molar-refractivity contribution in [2.75, 3.05) is 31.6 Å². The zero-order chi connectivity index (χ0) is 12.1. The zero-order valence-corrected chi connectivity index (χ0v) is 10.8. The zero-order valence-electron chi connectivity index (χ0n) is 10.8. The Balaban J connectivity index is 1.97. The minimum absolute atomic E-state index is 0.424. The number of anilines is 1. The van der Waals surface area contributed by atoms with Gasteiger partial charge in [0.1, 0.15) is 0 Å². The smallest absolute Gasteiger partial charge is 0.0637 e. The molecule has 2 rings (SSSR count). The highest BCUT2D eigenvalue weighted by Gasteiger charge is 2.13. The van der Waals surface area contributed by atoms with Crippen LogP contribution in [0.3, 0.4) is 0 Å². The third-order valence-electron chi connectivity index (χ3n) is 3.26. The second kappa shape index (κ2) is 6.03.